The minimum absolute atomic E-state index is 0.00134. The fourth-order valence-corrected chi connectivity index (χ4v) is 2.33. The highest BCUT2D eigenvalue weighted by atomic mass is 16.6. The van der Waals surface area contributed by atoms with Crippen LogP contribution in [-0.2, 0) is 4.74 Å². The number of carboxylic acids is 1. The number of hydrogen-bond donors (Lipinski definition) is 2. The first-order valence-electron chi connectivity index (χ1n) is 6.75. The zero-order valence-electron chi connectivity index (χ0n) is 11.8. The van der Waals surface area contributed by atoms with Crippen LogP contribution >= 0.6 is 0 Å². The highest BCUT2D eigenvalue weighted by Crippen LogP contribution is 2.31. The van der Waals surface area contributed by atoms with E-state index in [1.165, 1.54) is 18.2 Å². The second-order valence-electron chi connectivity index (χ2n) is 5.57. The third kappa shape index (κ3) is 3.69. The first-order chi connectivity index (χ1) is 9.91. The van der Waals surface area contributed by atoms with Gasteiger partial charge in [0.2, 0.25) is 0 Å². The lowest BCUT2D eigenvalue weighted by molar-refractivity contribution is -0.384. The summed E-state index contributed by atoms with van der Waals surface area (Å²) in [4.78, 5) is 21.5. The zero-order valence-corrected chi connectivity index (χ0v) is 11.8. The van der Waals surface area contributed by atoms with E-state index in [9.17, 15) is 14.9 Å². The maximum absolute atomic E-state index is 11.2. The maximum atomic E-state index is 11.2. The number of non-ortho nitro benzene ring substituents is 1. The van der Waals surface area contributed by atoms with E-state index in [-0.39, 0.29) is 22.4 Å². The Kier molecular flexibility index (Phi) is 4.42. The molecular weight excluding hydrogens is 276 g/mol. The molecule has 0 atom stereocenters. The molecular formula is C14H18N2O5. The van der Waals surface area contributed by atoms with E-state index < -0.39 is 10.9 Å². The quantitative estimate of drug-likeness (QED) is 0.639. The Morgan fingerprint density at radius 3 is 2.71 bits per heavy atom. The van der Waals surface area contributed by atoms with Gasteiger partial charge in [0, 0.05) is 31.9 Å². The number of nitro benzene ring substituents is 1. The van der Waals surface area contributed by atoms with E-state index in [4.69, 9.17) is 9.84 Å². The summed E-state index contributed by atoms with van der Waals surface area (Å²) in [6, 6.07) is 3.73. The summed E-state index contributed by atoms with van der Waals surface area (Å²) in [6.07, 6.45) is 1.74. The Balaban J connectivity index is 2.18. The first-order valence-corrected chi connectivity index (χ1v) is 6.75. The van der Waals surface area contributed by atoms with Crippen LogP contribution in [0.15, 0.2) is 18.2 Å². The second kappa shape index (κ2) is 6.09. The molecule has 1 saturated heterocycles. The molecule has 2 rings (SSSR count). The molecule has 0 bridgehead atoms. The van der Waals surface area contributed by atoms with Crippen molar-refractivity contribution in [2.24, 2.45) is 5.41 Å². The lowest BCUT2D eigenvalue weighted by Gasteiger charge is -2.34. The largest absolute Gasteiger partial charge is 0.478 e. The number of carbonyl (C=O) groups is 1. The number of aromatic carboxylic acids is 1. The van der Waals surface area contributed by atoms with E-state index in [1.54, 1.807) is 0 Å². The molecule has 1 aliphatic heterocycles. The van der Waals surface area contributed by atoms with Gasteiger partial charge in [0.15, 0.2) is 0 Å². The number of ether oxygens (including phenoxy) is 1. The molecule has 0 unspecified atom stereocenters. The van der Waals surface area contributed by atoms with Crippen LogP contribution in [0, 0.1) is 15.5 Å². The van der Waals surface area contributed by atoms with Crippen LogP contribution < -0.4 is 5.32 Å². The van der Waals surface area contributed by atoms with Gasteiger partial charge in [-0.2, -0.15) is 0 Å². The molecule has 0 saturated carbocycles. The van der Waals surface area contributed by atoms with E-state index in [1.807, 2.05) is 0 Å². The molecule has 21 heavy (non-hydrogen) atoms. The Labute approximate surface area is 122 Å². The number of rotatable bonds is 5. The Morgan fingerprint density at radius 1 is 1.48 bits per heavy atom. The van der Waals surface area contributed by atoms with Crippen molar-refractivity contribution in [2.75, 3.05) is 25.1 Å². The number of anilines is 1. The summed E-state index contributed by atoms with van der Waals surface area (Å²) >= 11 is 0. The summed E-state index contributed by atoms with van der Waals surface area (Å²) in [5, 5.41) is 23.0. The van der Waals surface area contributed by atoms with Crippen molar-refractivity contribution in [1.82, 2.24) is 0 Å². The smallest absolute Gasteiger partial charge is 0.337 e. The summed E-state index contributed by atoms with van der Waals surface area (Å²) < 4.78 is 5.32. The van der Waals surface area contributed by atoms with E-state index in [0.29, 0.717) is 19.8 Å². The second-order valence-corrected chi connectivity index (χ2v) is 5.57. The molecule has 1 aromatic rings. The van der Waals surface area contributed by atoms with Gasteiger partial charge in [-0.25, -0.2) is 4.79 Å². The SMILES string of the molecule is CC1(CNc2cc([N+](=O)[O-])ccc2C(=O)O)CCOCC1. The number of nitro groups is 1. The molecule has 1 fully saturated rings. The summed E-state index contributed by atoms with van der Waals surface area (Å²) in [5.41, 5.74) is 0.193. The average Bonchev–Trinajstić information content (AvgIpc) is 2.45. The van der Waals surface area contributed by atoms with E-state index in [2.05, 4.69) is 12.2 Å². The van der Waals surface area contributed by atoms with Crippen molar-refractivity contribution in [3.63, 3.8) is 0 Å². The van der Waals surface area contributed by atoms with Crippen molar-refractivity contribution in [1.29, 1.82) is 0 Å². The Hall–Kier alpha value is -2.15. The Bertz CT molecular complexity index is 552. The van der Waals surface area contributed by atoms with Gasteiger partial charge in [0.05, 0.1) is 16.2 Å². The van der Waals surface area contributed by atoms with Gasteiger partial charge >= 0.3 is 5.97 Å². The highest BCUT2D eigenvalue weighted by Gasteiger charge is 2.27. The van der Waals surface area contributed by atoms with Crippen molar-refractivity contribution in [2.45, 2.75) is 19.8 Å². The molecule has 1 heterocycles. The fraction of sp³-hybridized carbons (Fsp3) is 0.500. The maximum Gasteiger partial charge on any atom is 0.337 e. The number of nitrogens with one attached hydrogen (secondary N) is 1. The van der Waals surface area contributed by atoms with Gasteiger partial charge in [-0.15, -0.1) is 0 Å². The van der Waals surface area contributed by atoms with Crippen LogP contribution in [0.2, 0.25) is 0 Å². The molecule has 0 aliphatic carbocycles. The van der Waals surface area contributed by atoms with Crippen LogP contribution in [0.4, 0.5) is 11.4 Å². The summed E-state index contributed by atoms with van der Waals surface area (Å²) in [5.74, 6) is -1.11. The van der Waals surface area contributed by atoms with Crippen LogP contribution in [0.5, 0.6) is 0 Å². The minimum atomic E-state index is -1.11. The van der Waals surface area contributed by atoms with Crippen molar-refractivity contribution in [3.05, 3.63) is 33.9 Å². The molecule has 7 nitrogen and oxygen atoms in total. The topological polar surface area (TPSA) is 102 Å². The number of benzene rings is 1. The van der Waals surface area contributed by atoms with Gasteiger partial charge < -0.3 is 15.2 Å². The van der Waals surface area contributed by atoms with Gasteiger partial charge in [-0.3, -0.25) is 10.1 Å². The lowest BCUT2D eigenvalue weighted by Crippen LogP contribution is -2.33. The van der Waals surface area contributed by atoms with E-state index in [0.717, 1.165) is 12.8 Å². The van der Waals surface area contributed by atoms with Crippen LogP contribution in [0.25, 0.3) is 0 Å². The average molecular weight is 294 g/mol. The molecule has 0 radical (unpaired) electrons. The number of hydrogen-bond acceptors (Lipinski definition) is 5. The third-order valence-corrected chi connectivity index (χ3v) is 3.85. The standard InChI is InChI=1S/C14H18N2O5/c1-14(4-6-21-7-5-14)9-15-12-8-10(16(19)20)2-3-11(12)13(17)18/h2-3,8,15H,4-7,9H2,1H3,(H,17,18). The normalized spacial score (nSPS) is 17.2. The number of nitrogens with zero attached hydrogens (tertiary/aromatic N) is 1. The molecule has 0 amide bonds. The number of carboxylic acid groups (broad SMARTS) is 1. The first kappa shape index (κ1) is 15.2. The summed E-state index contributed by atoms with van der Waals surface area (Å²) in [7, 11) is 0. The van der Waals surface area contributed by atoms with Crippen molar-refractivity contribution in [3.8, 4) is 0 Å². The predicted octanol–water partition coefficient (Wildman–Crippen LogP) is 2.52. The Morgan fingerprint density at radius 2 is 2.14 bits per heavy atom. The van der Waals surface area contributed by atoms with Gasteiger partial charge in [-0.1, -0.05) is 6.92 Å². The van der Waals surface area contributed by atoms with Crippen LogP contribution in [0.1, 0.15) is 30.1 Å². The monoisotopic (exact) mass is 294 g/mol. The zero-order chi connectivity index (χ0) is 15.5. The van der Waals surface area contributed by atoms with Gasteiger partial charge in [-0.05, 0) is 24.3 Å². The molecule has 0 aromatic heterocycles. The molecule has 1 aliphatic rings. The molecule has 1 aromatic carbocycles. The summed E-state index contributed by atoms with van der Waals surface area (Å²) in [6.45, 7) is 4.01. The van der Waals surface area contributed by atoms with Crippen LogP contribution in [0.3, 0.4) is 0 Å². The van der Waals surface area contributed by atoms with Crippen molar-refractivity contribution < 1.29 is 19.6 Å². The predicted molar refractivity (Wildman–Crippen MR) is 76.7 cm³/mol. The third-order valence-electron chi connectivity index (χ3n) is 3.85. The highest BCUT2D eigenvalue weighted by molar-refractivity contribution is 5.94. The molecule has 0 spiro atoms. The van der Waals surface area contributed by atoms with Gasteiger partial charge in [0.25, 0.3) is 5.69 Å². The van der Waals surface area contributed by atoms with Gasteiger partial charge in [0.1, 0.15) is 0 Å². The molecule has 2 N–H and O–H groups in total. The lowest BCUT2D eigenvalue weighted by atomic mass is 9.82. The fourth-order valence-electron chi connectivity index (χ4n) is 2.33. The van der Waals surface area contributed by atoms with Crippen LogP contribution in [-0.4, -0.2) is 35.8 Å². The van der Waals surface area contributed by atoms with E-state index >= 15 is 0 Å². The van der Waals surface area contributed by atoms with Crippen molar-refractivity contribution >= 4 is 17.3 Å². The minimum Gasteiger partial charge on any atom is -0.478 e. The molecule has 7 heteroatoms. The molecule has 114 valence electrons.